The van der Waals surface area contributed by atoms with E-state index >= 15 is 0 Å². The number of esters is 1. The zero-order valence-electron chi connectivity index (χ0n) is 15.8. The largest absolute Gasteiger partial charge is 0.486 e. The maximum atomic E-state index is 11.9. The molecule has 2 aromatic carbocycles. The molecule has 3 amide bonds. The van der Waals surface area contributed by atoms with E-state index in [-0.39, 0.29) is 5.75 Å². The molecule has 0 aliphatic carbocycles. The molecule has 2 aromatic rings. The van der Waals surface area contributed by atoms with Gasteiger partial charge in [-0.2, -0.15) is 0 Å². The van der Waals surface area contributed by atoms with E-state index in [0.29, 0.717) is 41.2 Å². The average molecular weight is 451 g/mol. The molecule has 0 spiro atoms. The van der Waals surface area contributed by atoms with Crippen molar-refractivity contribution in [3.63, 3.8) is 0 Å². The summed E-state index contributed by atoms with van der Waals surface area (Å²) in [7, 11) is 0. The van der Waals surface area contributed by atoms with Gasteiger partial charge >= 0.3 is 12.0 Å². The highest BCUT2D eigenvalue weighted by Gasteiger charge is 2.14. The SMILES string of the molecule is O=C(COC(=O)CSCc1ccc(Cl)cc1)NC(=O)Nc1ccc2c(c1)OCCO2. The summed E-state index contributed by atoms with van der Waals surface area (Å²) in [5, 5.41) is 5.25. The normalized spacial score (nSPS) is 12.0. The standard InChI is InChI=1S/C20H19ClN2O6S/c21-14-3-1-13(2-4-14)11-30-12-19(25)29-10-18(24)23-20(26)22-15-5-6-16-17(9-15)28-8-7-27-16/h1-6,9H,7-8,10-12H2,(H2,22,23,24,26). The number of benzene rings is 2. The first-order valence-corrected chi connectivity index (χ1v) is 10.5. The van der Waals surface area contributed by atoms with Gasteiger partial charge in [0.15, 0.2) is 18.1 Å². The number of urea groups is 1. The van der Waals surface area contributed by atoms with E-state index in [4.69, 9.17) is 25.8 Å². The molecule has 0 bridgehead atoms. The molecule has 2 N–H and O–H groups in total. The highest BCUT2D eigenvalue weighted by atomic mass is 35.5. The molecule has 8 nitrogen and oxygen atoms in total. The van der Waals surface area contributed by atoms with Crippen molar-refractivity contribution in [3.8, 4) is 11.5 Å². The van der Waals surface area contributed by atoms with Gasteiger partial charge in [0.25, 0.3) is 5.91 Å². The zero-order valence-corrected chi connectivity index (χ0v) is 17.4. The topological polar surface area (TPSA) is 103 Å². The van der Waals surface area contributed by atoms with Gasteiger partial charge in [-0.1, -0.05) is 23.7 Å². The molecular formula is C20H19ClN2O6S. The minimum absolute atomic E-state index is 0.0826. The lowest BCUT2D eigenvalue weighted by atomic mass is 10.2. The quantitative estimate of drug-likeness (QED) is 0.624. The zero-order chi connectivity index (χ0) is 21.3. The lowest BCUT2D eigenvalue weighted by Gasteiger charge is -2.19. The summed E-state index contributed by atoms with van der Waals surface area (Å²) >= 11 is 7.17. The first-order chi connectivity index (χ1) is 14.5. The number of imide groups is 1. The van der Waals surface area contributed by atoms with Gasteiger partial charge in [0.05, 0.1) is 5.75 Å². The number of anilines is 1. The second-order valence-corrected chi connectivity index (χ2v) is 7.56. The number of nitrogens with one attached hydrogen (secondary N) is 2. The molecule has 0 fully saturated rings. The first-order valence-electron chi connectivity index (χ1n) is 8.98. The minimum atomic E-state index is -0.746. The fraction of sp³-hybridized carbons (Fsp3) is 0.250. The van der Waals surface area contributed by atoms with Crippen LogP contribution in [-0.4, -0.2) is 43.5 Å². The van der Waals surface area contributed by atoms with Crippen LogP contribution in [-0.2, 0) is 20.1 Å². The van der Waals surface area contributed by atoms with Crippen molar-refractivity contribution >= 4 is 47.0 Å². The summed E-state index contributed by atoms with van der Waals surface area (Å²) in [6.07, 6.45) is 0. The van der Waals surface area contributed by atoms with Crippen molar-refractivity contribution in [2.75, 3.05) is 30.9 Å². The van der Waals surface area contributed by atoms with E-state index < -0.39 is 24.5 Å². The Morgan fingerprint density at radius 2 is 1.77 bits per heavy atom. The Morgan fingerprint density at radius 1 is 1.03 bits per heavy atom. The van der Waals surface area contributed by atoms with Crippen LogP contribution in [0.15, 0.2) is 42.5 Å². The molecule has 3 rings (SSSR count). The van der Waals surface area contributed by atoms with Crippen molar-refractivity contribution in [3.05, 3.63) is 53.1 Å². The van der Waals surface area contributed by atoms with Crippen LogP contribution in [0.25, 0.3) is 0 Å². The monoisotopic (exact) mass is 450 g/mol. The van der Waals surface area contributed by atoms with Gasteiger partial charge < -0.3 is 19.5 Å². The number of carbonyl (C=O) groups is 3. The van der Waals surface area contributed by atoms with Crippen molar-refractivity contribution in [2.45, 2.75) is 5.75 Å². The van der Waals surface area contributed by atoms with E-state index in [9.17, 15) is 14.4 Å². The van der Waals surface area contributed by atoms with Crippen LogP contribution in [0.1, 0.15) is 5.56 Å². The number of thioether (sulfide) groups is 1. The van der Waals surface area contributed by atoms with Crippen molar-refractivity contribution < 1.29 is 28.6 Å². The van der Waals surface area contributed by atoms with Gasteiger partial charge in [0.2, 0.25) is 0 Å². The Kier molecular flexibility index (Phi) is 7.81. The number of hydrogen-bond acceptors (Lipinski definition) is 7. The molecule has 0 unspecified atom stereocenters. The molecule has 0 atom stereocenters. The molecule has 0 saturated carbocycles. The molecule has 0 saturated heterocycles. The number of hydrogen-bond donors (Lipinski definition) is 2. The average Bonchev–Trinajstić information content (AvgIpc) is 2.73. The number of halogens is 1. The fourth-order valence-corrected chi connectivity index (χ4v) is 3.37. The molecule has 158 valence electrons. The Hall–Kier alpha value is -2.91. The van der Waals surface area contributed by atoms with Crippen LogP contribution in [0.2, 0.25) is 5.02 Å². The maximum absolute atomic E-state index is 11.9. The summed E-state index contributed by atoms with van der Waals surface area (Å²) in [6, 6.07) is 11.4. The minimum Gasteiger partial charge on any atom is -0.486 e. The smallest absolute Gasteiger partial charge is 0.325 e. The van der Waals surface area contributed by atoms with Crippen LogP contribution in [0.5, 0.6) is 11.5 Å². The van der Waals surface area contributed by atoms with Crippen LogP contribution in [0.4, 0.5) is 10.5 Å². The molecule has 1 aliphatic heterocycles. The fourth-order valence-electron chi connectivity index (χ4n) is 2.47. The van der Waals surface area contributed by atoms with Crippen molar-refractivity contribution in [1.82, 2.24) is 5.32 Å². The number of amides is 3. The van der Waals surface area contributed by atoms with Crippen molar-refractivity contribution in [2.24, 2.45) is 0 Å². The maximum Gasteiger partial charge on any atom is 0.325 e. The Balaban J connectivity index is 1.34. The Labute approximate surface area is 182 Å². The second kappa shape index (κ2) is 10.7. The Morgan fingerprint density at radius 3 is 2.53 bits per heavy atom. The number of fused-ring (bicyclic) bond motifs is 1. The highest BCUT2D eigenvalue weighted by molar-refractivity contribution is 7.99. The predicted molar refractivity (Wildman–Crippen MR) is 113 cm³/mol. The summed E-state index contributed by atoms with van der Waals surface area (Å²) in [5.74, 6) is 0.507. The summed E-state index contributed by atoms with van der Waals surface area (Å²) in [4.78, 5) is 35.4. The van der Waals surface area contributed by atoms with E-state index in [1.165, 1.54) is 11.8 Å². The van der Waals surface area contributed by atoms with Gasteiger partial charge in [-0.25, -0.2) is 4.79 Å². The van der Waals surface area contributed by atoms with Crippen LogP contribution < -0.4 is 20.1 Å². The first kappa shape index (κ1) is 21.8. The van der Waals surface area contributed by atoms with Crippen LogP contribution in [0, 0.1) is 0 Å². The van der Waals surface area contributed by atoms with E-state index in [1.807, 2.05) is 12.1 Å². The highest BCUT2D eigenvalue weighted by Crippen LogP contribution is 2.32. The van der Waals surface area contributed by atoms with Crippen molar-refractivity contribution in [1.29, 1.82) is 0 Å². The molecule has 1 heterocycles. The second-order valence-electron chi connectivity index (χ2n) is 6.14. The van der Waals surface area contributed by atoms with Crippen LogP contribution in [0.3, 0.4) is 0 Å². The summed E-state index contributed by atoms with van der Waals surface area (Å²) < 4.78 is 15.7. The van der Waals surface area contributed by atoms with E-state index in [2.05, 4.69) is 10.6 Å². The van der Waals surface area contributed by atoms with Gasteiger partial charge in [-0.15, -0.1) is 11.8 Å². The summed E-state index contributed by atoms with van der Waals surface area (Å²) in [5.41, 5.74) is 1.45. The third-order valence-corrected chi connectivity index (χ3v) is 5.05. The molecule has 30 heavy (non-hydrogen) atoms. The Bertz CT molecular complexity index is 922. The summed E-state index contributed by atoms with van der Waals surface area (Å²) in [6.45, 7) is 0.340. The molecular weight excluding hydrogens is 432 g/mol. The molecule has 1 aliphatic rings. The predicted octanol–water partition coefficient (Wildman–Crippen LogP) is 3.24. The van der Waals surface area contributed by atoms with Crippen LogP contribution >= 0.6 is 23.4 Å². The molecule has 0 aromatic heterocycles. The van der Waals surface area contributed by atoms with E-state index in [1.54, 1.807) is 30.3 Å². The lowest BCUT2D eigenvalue weighted by Crippen LogP contribution is -2.37. The van der Waals surface area contributed by atoms with Gasteiger partial charge in [-0.3, -0.25) is 14.9 Å². The lowest BCUT2D eigenvalue weighted by molar-refractivity contribution is -0.145. The van der Waals surface area contributed by atoms with Gasteiger partial charge in [0, 0.05) is 22.5 Å². The van der Waals surface area contributed by atoms with Gasteiger partial charge in [0.1, 0.15) is 13.2 Å². The number of carbonyl (C=O) groups excluding carboxylic acids is 3. The number of ether oxygens (including phenoxy) is 3. The third-order valence-electron chi connectivity index (χ3n) is 3.82. The van der Waals surface area contributed by atoms with E-state index in [0.717, 1.165) is 5.56 Å². The van der Waals surface area contributed by atoms with Gasteiger partial charge in [-0.05, 0) is 29.8 Å². The third kappa shape index (κ3) is 6.85. The molecule has 10 heteroatoms. The number of rotatable bonds is 7. The molecule has 0 radical (unpaired) electrons.